The fourth-order valence-electron chi connectivity index (χ4n) is 8.65. The third-order valence-corrected chi connectivity index (χ3v) is 11.3. The van der Waals surface area contributed by atoms with Gasteiger partial charge >= 0.3 is 0 Å². The molecule has 0 saturated heterocycles. The van der Waals surface area contributed by atoms with Crippen LogP contribution in [0.1, 0.15) is 32.3 Å². The number of rotatable bonds is 7. The molecular weight excluding hydrogens is 619 g/mol. The van der Waals surface area contributed by atoms with Crippen molar-refractivity contribution in [2.24, 2.45) is 5.92 Å². The maximum atomic E-state index is 2.46. The lowest BCUT2D eigenvalue weighted by atomic mass is 9.94. The van der Waals surface area contributed by atoms with Crippen molar-refractivity contribution >= 4 is 65.4 Å². The normalized spacial score (nSPS) is 12.1. The van der Waals surface area contributed by atoms with Crippen LogP contribution in [0.25, 0.3) is 82.5 Å². The van der Waals surface area contributed by atoms with E-state index < -0.39 is 0 Å². The second kappa shape index (κ2) is 11.8. The Balaban J connectivity index is 1.24. The van der Waals surface area contributed by atoms with Crippen molar-refractivity contribution < 1.29 is 0 Å². The van der Waals surface area contributed by atoms with Gasteiger partial charge in [-0.3, -0.25) is 0 Å². The highest BCUT2D eigenvalue weighted by Crippen LogP contribution is 2.39. The molecule has 0 spiro atoms. The molecule has 0 unspecified atom stereocenters. The summed E-state index contributed by atoms with van der Waals surface area (Å²) in [5.74, 6) is 0.725. The number of aromatic nitrogens is 3. The van der Waals surface area contributed by atoms with Crippen molar-refractivity contribution in [3.05, 3.63) is 163 Å². The van der Waals surface area contributed by atoms with Crippen LogP contribution in [0.15, 0.2) is 158 Å². The summed E-state index contributed by atoms with van der Waals surface area (Å²) >= 11 is 0. The molecule has 0 radical (unpaired) electrons. The third-order valence-electron chi connectivity index (χ3n) is 11.3. The van der Waals surface area contributed by atoms with E-state index in [4.69, 9.17) is 0 Å². The summed E-state index contributed by atoms with van der Waals surface area (Å²) in [5, 5.41) is 7.59. The molecule has 246 valence electrons. The quantitative estimate of drug-likeness (QED) is 0.162. The van der Waals surface area contributed by atoms with E-state index >= 15 is 0 Å². The summed E-state index contributed by atoms with van der Waals surface area (Å²) in [6, 6.07) is 58.4. The molecule has 0 aliphatic heterocycles. The van der Waals surface area contributed by atoms with Gasteiger partial charge in [0.15, 0.2) is 0 Å². The van der Waals surface area contributed by atoms with E-state index in [1.54, 1.807) is 0 Å². The Kier molecular flexibility index (Phi) is 6.89. The van der Waals surface area contributed by atoms with E-state index in [0.717, 1.165) is 12.3 Å². The van der Waals surface area contributed by atoms with Crippen molar-refractivity contribution in [3.8, 4) is 17.1 Å². The standard InChI is InChI=1S/C48H39N3/c1-3-32(4-2)29-33-21-23-34(24-22-33)49-47-27-25-35(50-43-17-9-5-13-37(43)38-14-6-10-18-44(38)50)30-41(47)42-31-36(26-28-48(42)49)51-45-19-11-7-15-39(45)40-16-8-12-20-46(40)51/h5-28,30-32H,3-4,29H2,1-2H3. The topological polar surface area (TPSA) is 14.8 Å². The van der Waals surface area contributed by atoms with Gasteiger partial charge in [0.25, 0.3) is 0 Å². The summed E-state index contributed by atoms with van der Waals surface area (Å²) in [6.45, 7) is 4.61. The molecule has 0 N–H and O–H groups in total. The maximum Gasteiger partial charge on any atom is 0.0542 e. The largest absolute Gasteiger partial charge is 0.309 e. The minimum absolute atomic E-state index is 0.725. The first-order chi connectivity index (χ1) is 25.2. The van der Waals surface area contributed by atoms with Gasteiger partial charge in [0, 0.05) is 49.4 Å². The summed E-state index contributed by atoms with van der Waals surface area (Å²) < 4.78 is 7.31. The van der Waals surface area contributed by atoms with E-state index in [0.29, 0.717) is 0 Å². The van der Waals surface area contributed by atoms with Gasteiger partial charge in [-0.2, -0.15) is 0 Å². The molecule has 3 heterocycles. The van der Waals surface area contributed by atoms with Gasteiger partial charge < -0.3 is 13.7 Å². The molecule has 0 aliphatic carbocycles. The van der Waals surface area contributed by atoms with Gasteiger partial charge in [-0.1, -0.05) is 112 Å². The summed E-state index contributed by atoms with van der Waals surface area (Å²) in [4.78, 5) is 0. The Hall–Kier alpha value is -6.06. The first-order valence-electron chi connectivity index (χ1n) is 18.4. The van der Waals surface area contributed by atoms with Crippen LogP contribution in [0.2, 0.25) is 0 Å². The molecule has 3 heteroatoms. The van der Waals surface area contributed by atoms with Gasteiger partial charge in [0.05, 0.1) is 33.1 Å². The highest BCUT2D eigenvalue weighted by Gasteiger charge is 2.19. The zero-order valence-electron chi connectivity index (χ0n) is 29.1. The van der Waals surface area contributed by atoms with E-state index in [1.165, 1.54) is 101 Å². The van der Waals surface area contributed by atoms with Crippen molar-refractivity contribution in [2.45, 2.75) is 33.1 Å². The average molecular weight is 658 g/mol. The first-order valence-corrected chi connectivity index (χ1v) is 18.4. The van der Waals surface area contributed by atoms with Crippen molar-refractivity contribution in [1.29, 1.82) is 0 Å². The molecule has 0 fully saturated rings. The number of para-hydroxylation sites is 4. The minimum atomic E-state index is 0.725. The van der Waals surface area contributed by atoms with E-state index in [9.17, 15) is 0 Å². The van der Waals surface area contributed by atoms with Gasteiger partial charge in [0.2, 0.25) is 0 Å². The molecule has 0 bridgehead atoms. The lowest BCUT2D eigenvalue weighted by molar-refractivity contribution is 0.490. The molecule has 3 aromatic heterocycles. The average Bonchev–Trinajstić information content (AvgIpc) is 3.82. The Morgan fingerprint density at radius 1 is 0.353 bits per heavy atom. The van der Waals surface area contributed by atoms with E-state index in [2.05, 4.69) is 185 Å². The SMILES string of the molecule is CCC(CC)Cc1ccc(-n2c3ccc(-n4c5ccccc5c5ccccc54)cc3c3cc(-n4c5ccccc5c5ccccc54)ccc32)cc1. The molecule has 0 atom stereocenters. The number of hydrogen-bond donors (Lipinski definition) is 0. The van der Waals surface area contributed by atoms with E-state index in [-0.39, 0.29) is 0 Å². The highest BCUT2D eigenvalue weighted by atomic mass is 15.0. The van der Waals surface area contributed by atoms with Crippen LogP contribution in [0.5, 0.6) is 0 Å². The summed E-state index contributed by atoms with van der Waals surface area (Å²) in [5.41, 5.74) is 12.3. The monoisotopic (exact) mass is 657 g/mol. The molecular formula is C48H39N3. The molecule has 51 heavy (non-hydrogen) atoms. The predicted molar refractivity (Wildman–Crippen MR) is 217 cm³/mol. The zero-order valence-corrected chi connectivity index (χ0v) is 29.1. The zero-order chi connectivity index (χ0) is 34.1. The number of hydrogen-bond acceptors (Lipinski definition) is 0. The Bertz CT molecular complexity index is 2630. The molecule has 3 nitrogen and oxygen atoms in total. The van der Waals surface area contributed by atoms with Crippen LogP contribution in [0.3, 0.4) is 0 Å². The van der Waals surface area contributed by atoms with E-state index in [1.807, 2.05) is 0 Å². The molecule has 7 aromatic carbocycles. The van der Waals surface area contributed by atoms with Crippen LogP contribution in [-0.2, 0) is 6.42 Å². The van der Waals surface area contributed by atoms with Crippen molar-refractivity contribution in [1.82, 2.24) is 13.7 Å². The number of fused-ring (bicyclic) bond motifs is 9. The lowest BCUT2D eigenvalue weighted by Gasteiger charge is -2.14. The Labute approximate surface area is 297 Å². The second-order valence-electron chi connectivity index (χ2n) is 14.0. The lowest BCUT2D eigenvalue weighted by Crippen LogP contribution is -2.02. The molecule has 0 aliphatic rings. The van der Waals surface area contributed by atoms with Crippen LogP contribution in [0, 0.1) is 5.92 Å². The smallest absolute Gasteiger partial charge is 0.0542 e. The van der Waals surface area contributed by atoms with Crippen LogP contribution >= 0.6 is 0 Å². The maximum absolute atomic E-state index is 2.46. The van der Waals surface area contributed by atoms with Crippen LogP contribution < -0.4 is 0 Å². The van der Waals surface area contributed by atoms with Gasteiger partial charge in [0.1, 0.15) is 0 Å². The van der Waals surface area contributed by atoms with Crippen molar-refractivity contribution in [2.75, 3.05) is 0 Å². The minimum Gasteiger partial charge on any atom is -0.309 e. The van der Waals surface area contributed by atoms with Crippen LogP contribution in [0.4, 0.5) is 0 Å². The second-order valence-corrected chi connectivity index (χ2v) is 14.0. The first kappa shape index (κ1) is 29.8. The van der Waals surface area contributed by atoms with Gasteiger partial charge in [-0.05, 0) is 90.7 Å². The predicted octanol–water partition coefficient (Wildman–Crippen LogP) is 13.0. The molecule has 10 aromatic rings. The molecule has 0 saturated carbocycles. The Morgan fingerprint density at radius 3 is 1.08 bits per heavy atom. The number of nitrogens with zero attached hydrogens (tertiary/aromatic N) is 3. The molecule has 10 rings (SSSR count). The van der Waals surface area contributed by atoms with Gasteiger partial charge in [-0.25, -0.2) is 0 Å². The fraction of sp³-hybridized carbons (Fsp3) is 0.125. The van der Waals surface area contributed by atoms with Gasteiger partial charge in [-0.15, -0.1) is 0 Å². The third kappa shape index (κ3) is 4.58. The number of benzene rings is 7. The van der Waals surface area contributed by atoms with Crippen LogP contribution in [-0.4, -0.2) is 13.7 Å². The van der Waals surface area contributed by atoms with Crippen molar-refractivity contribution in [3.63, 3.8) is 0 Å². The fourth-order valence-corrected chi connectivity index (χ4v) is 8.65. The Morgan fingerprint density at radius 2 is 0.686 bits per heavy atom. The summed E-state index contributed by atoms with van der Waals surface area (Å²) in [7, 11) is 0. The summed E-state index contributed by atoms with van der Waals surface area (Å²) in [6.07, 6.45) is 3.56. The highest BCUT2D eigenvalue weighted by molar-refractivity contribution is 6.14. The molecule has 0 amide bonds.